The summed E-state index contributed by atoms with van der Waals surface area (Å²) in [5.41, 5.74) is 0.605. The van der Waals surface area contributed by atoms with E-state index in [-0.39, 0.29) is 11.6 Å². The number of benzene rings is 1. The molecule has 0 aliphatic carbocycles. The van der Waals surface area contributed by atoms with Gasteiger partial charge in [-0.3, -0.25) is 0 Å². The van der Waals surface area contributed by atoms with Crippen LogP contribution in [0.3, 0.4) is 0 Å². The molecule has 0 spiro atoms. The van der Waals surface area contributed by atoms with Crippen molar-refractivity contribution in [1.82, 2.24) is 10.2 Å². The zero-order valence-electron chi connectivity index (χ0n) is 11.2. The molecule has 1 aromatic rings. The van der Waals surface area contributed by atoms with Crippen molar-refractivity contribution in [1.29, 1.82) is 0 Å². The Bertz CT molecular complexity index is 358. The first-order valence-electron chi connectivity index (χ1n) is 6.57. The first kappa shape index (κ1) is 14.9. The van der Waals surface area contributed by atoms with Crippen molar-refractivity contribution in [3.05, 3.63) is 29.6 Å². The molecule has 0 heterocycles. The van der Waals surface area contributed by atoms with E-state index in [0.717, 1.165) is 32.6 Å². The fourth-order valence-corrected chi connectivity index (χ4v) is 1.90. The Morgan fingerprint density at radius 2 is 2.06 bits per heavy atom. The van der Waals surface area contributed by atoms with Gasteiger partial charge in [0.2, 0.25) is 0 Å². The van der Waals surface area contributed by atoms with Crippen molar-refractivity contribution < 1.29 is 9.50 Å². The molecule has 3 nitrogen and oxygen atoms in total. The van der Waals surface area contributed by atoms with E-state index in [0.29, 0.717) is 12.1 Å². The van der Waals surface area contributed by atoms with Crippen LogP contribution in [-0.2, 0) is 6.54 Å². The maximum atomic E-state index is 13.0. The van der Waals surface area contributed by atoms with E-state index in [1.54, 1.807) is 0 Å². The van der Waals surface area contributed by atoms with Crippen LogP contribution in [0.1, 0.15) is 25.8 Å². The topological polar surface area (TPSA) is 35.5 Å². The number of phenols is 1. The average Bonchev–Trinajstić information content (AvgIpc) is 2.37. The number of rotatable bonds is 8. The Balaban J connectivity index is 2.31. The zero-order chi connectivity index (χ0) is 13.4. The minimum Gasteiger partial charge on any atom is -0.508 e. The molecule has 0 aromatic heterocycles. The molecular formula is C14H23FN2O. The average molecular weight is 254 g/mol. The Kier molecular flexibility index (Phi) is 6.68. The Labute approximate surface area is 109 Å². The number of hydrogen-bond donors (Lipinski definition) is 2. The molecule has 0 bridgehead atoms. The largest absolute Gasteiger partial charge is 0.508 e. The van der Waals surface area contributed by atoms with E-state index in [2.05, 4.69) is 24.1 Å². The van der Waals surface area contributed by atoms with Crippen molar-refractivity contribution >= 4 is 0 Å². The van der Waals surface area contributed by atoms with Gasteiger partial charge in [-0.15, -0.1) is 0 Å². The third kappa shape index (κ3) is 5.02. The highest BCUT2D eigenvalue weighted by Gasteiger charge is 2.03. The zero-order valence-corrected chi connectivity index (χ0v) is 11.2. The second-order valence-corrected chi connectivity index (χ2v) is 4.38. The fourth-order valence-electron chi connectivity index (χ4n) is 1.90. The summed E-state index contributed by atoms with van der Waals surface area (Å²) in [6.45, 7) is 8.76. The Morgan fingerprint density at radius 3 is 2.72 bits per heavy atom. The van der Waals surface area contributed by atoms with Gasteiger partial charge in [-0.25, -0.2) is 4.39 Å². The molecule has 2 N–H and O–H groups in total. The fraction of sp³-hybridized carbons (Fsp3) is 0.571. The van der Waals surface area contributed by atoms with E-state index >= 15 is 0 Å². The van der Waals surface area contributed by atoms with Gasteiger partial charge in [-0.2, -0.15) is 0 Å². The van der Waals surface area contributed by atoms with Crippen molar-refractivity contribution in [3.63, 3.8) is 0 Å². The van der Waals surface area contributed by atoms with Gasteiger partial charge in [0.1, 0.15) is 11.6 Å². The summed E-state index contributed by atoms with van der Waals surface area (Å²) >= 11 is 0. The summed E-state index contributed by atoms with van der Waals surface area (Å²) in [7, 11) is 0. The highest BCUT2D eigenvalue weighted by molar-refractivity contribution is 5.32. The van der Waals surface area contributed by atoms with E-state index in [4.69, 9.17) is 0 Å². The number of nitrogens with zero attached hydrogens (tertiary/aromatic N) is 1. The van der Waals surface area contributed by atoms with E-state index in [9.17, 15) is 9.50 Å². The van der Waals surface area contributed by atoms with Gasteiger partial charge in [0.15, 0.2) is 0 Å². The summed E-state index contributed by atoms with van der Waals surface area (Å²) in [6, 6.07) is 4.02. The van der Waals surface area contributed by atoms with Crippen molar-refractivity contribution in [2.45, 2.75) is 26.8 Å². The van der Waals surface area contributed by atoms with E-state index in [1.165, 1.54) is 18.2 Å². The summed E-state index contributed by atoms with van der Waals surface area (Å²) in [4.78, 5) is 2.36. The molecule has 0 amide bonds. The van der Waals surface area contributed by atoms with Crippen LogP contribution in [0.25, 0.3) is 0 Å². The lowest BCUT2D eigenvalue weighted by molar-refractivity contribution is 0.287. The lowest BCUT2D eigenvalue weighted by Crippen LogP contribution is -2.32. The van der Waals surface area contributed by atoms with Crippen LogP contribution < -0.4 is 5.32 Å². The van der Waals surface area contributed by atoms with Crippen molar-refractivity contribution in [2.75, 3.05) is 26.2 Å². The number of halogens is 1. The maximum absolute atomic E-state index is 13.0. The molecule has 0 saturated heterocycles. The standard InChI is InChI=1S/C14H23FN2O/c1-3-8-17(4-2)9-7-16-11-12-10-13(15)5-6-14(12)18/h5-6,10,16,18H,3-4,7-9,11H2,1-2H3. The number of likely N-dealkylation sites (N-methyl/N-ethyl adjacent to an activating group) is 1. The lowest BCUT2D eigenvalue weighted by Gasteiger charge is -2.19. The second kappa shape index (κ2) is 8.06. The molecular weight excluding hydrogens is 231 g/mol. The first-order valence-corrected chi connectivity index (χ1v) is 6.57. The Morgan fingerprint density at radius 1 is 1.28 bits per heavy atom. The lowest BCUT2D eigenvalue weighted by atomic mass is 10.2. The van der Waals surface area contributed by atoms with Gasteiger partial charge >= 0.3 is 0 Å². The predicted octanol–water partition coefficient (Wildman–Crippen LogP) is 2.35. The number of nitrogens with one attached hydrogen (secondary N) is 1. The minimum atomic E-state index is -0.314. The van der Waals surface area contributed by atoms with Crippen LogP contribution in [0.4, 0.5) is 4.39 Å². The predicted molar refractivity (Wildman–Crippen MR) is 72.2 cm³/mol. The molecule has 0 aliphatic heterocycles. The first-order chi connectivity index (χ1) is 8.67. The molecule has 1 rings (SSSR count). The van der Waals surface area contributed by atoms with Crippen LogP contribution in [0.15, 0.2) is 18.2 Å². The van der Waals surface area contributed by atoms with Gasteiger partial charge in [-0.05, 0) is 37.7 Å². The smallest absolute Gasteiger partial charge is 0.123 e. The quantitative estimate of drug-likeness (QED) is 0.699. The summed E-state index contributed by atoms with van der Waals surface area (Å²) in [6.07, 6.45) is 1.15. The van der Waals surface area contributed by atoms with Crippen LogP contribution in [0, 0.1) is 5.82 Å². The molecule has 0 atom stereocenters. The molecule has 4 heteroatoms. The molecule has 0 unspecified atom stereocenters. The van der Waals surface area contributed by atoms with E-state index < -0.39 is 0 Å². The minimum absolute atomic E-state index is 0.143. The molecule has 0 saturated carbocycles. The summed E-state index contributed by atoms with van der Waals surface area (Å²) < 4.78 is 13.0. The van der Waals surface area contributed by atoms with E-state index in [1.807, 2.05) is 0 Å². The molecule has 102 valence electrons. The molecule has 18 heavy (non-hydrogen) atoms. The van der Waals surface area contributed by atoms with Gasteiger partial charge in [-0.1, -0.05) is 13.8 Å². The number of hydrogen-bond acceptors (Lipinski definition) is 3. The van der Waals surface area contributed by atoms with Crippen molar-refractivity contribution in [3.8, 4) is 5.75 Å². The third-order valence-electron chi connectivity index (χ3n) is 2.95. The van der Waals surface area contributed by atoms with Crippen molar-refractivity contribution in [2.24, 2.45) is 0 Å². The van der Waals surface area contributed by atoms with Gasteiger partial charge in [0.25, 0.3) is 0 Å². The number of phenolic OH excluding ortho intramolecular Hbond substituents is 1. The third-order valence-corrected chi connectivity index (χ3v) is 2.95. The van der Waals surface area contributed by atoms with Gasteiger partial charge < -0.3 is 15.3 Å². The van der Waals surface area contributed by atoms with Crippen LogP contribution in [0.5, 0.6) is 5.75 Å². The second-order valence-electron chi connectivity index (χ2n) is 4.38. The molecule has 1 aromatic carbocycles. The number of aromatic hydroxyl groups is 1. The van der Waals surface area contributed by atoms with Gasteiger partial charge in [0.05, 0.1) is 0 Å². The molecule has 0 fully saturated rings. The van der Waals surface area contributed by atoms with Gasteiger partial charge in [0, 0.05) is 25.2 Å². The molecule has 0 aliphatic rings. The monoisotopic (exact) mass is 254 g/mol. The van der Waals surface area contributed by atoms with Crippen LogP contribution >= 0.6 is 0 Å². The summed E-state index contributed by atoms with van der Waals surface area (Å²) in [5, 5.41) is 12.8. The highest BCUT2D eigenvalue weighted by atomic mass is 19.1. The Hall–Kier alpha value is -1.13. The van der Waals surface area contributed by atoms with Crippen LogP contribution in [-0.4, -0.2) is 36.2 Å². The summed E-state index contributed by atoms with van der Waals surface area (Å²) in [5.74, 6) is -0.171. The van der Waals surface area contributed by atoms with Crippen LogP contribution in [0.2, 0.25) is 0 Å². The molecule has 0 radical (unpaired) electrons. The SMILES string of the molecule is CCCN(CC)CCNCc1cc(F)ccc1O. The highest BCUT2D eigenvalue weighted by Crippen LogP contribution is 2.17. The normalized spacial score (nSPS) is 11.1. The maximum Gasteiger partial charge on any atom is 0.123 e.